The van der Waals surface area contributed by atoms with Gasteiger partial charge in [0.15, 0.2) is 5.96 Å². The van der Waals surface area contributed by atoms with Gasteiger partial charge in [-0.15, -0.1) is 0 Å². The number of nitrogens with zero attached hydrogens (tertiary/aromatic N) is 3. The van der Waals surface area contributed by atoms with Crippen LogP contribution in [0.2, 0.25) is 0 Å². The van der Waals surface area contributed by atoms with Crippen LogP contribution in [0.25, 0.3) is 0 Å². The molecule has 0 radical (unpaired) electrons. The monoisotopic (exact) mass is 357 g/mol. The minimum Gasteiger partial charge on any atom is -0.508 e. The molecule has 0 fully saturated rings. The molecule has 0 saturated carbocycles. The Hall–Kier alpha value is -2.50. The normalized spacial score (nSPS) is 12.9. The van der Waals surface area contributed by atoms with Crippen LogP contribution in [0.3, 0.4) is 0 Å². The Kier molecular flexibility index (Phi) is 7.06. The molecule has 1 atom stereocenters. The molecular weight excluding hydrogens is 326 g/mol. The third-order valence-electron chi connectivity index (χ3n) is 4.48. The Morgan fingerprint density at radius 1 is 1.35 bits per heavy atom. The largest absolute Gasteiger partial charge is 0.508 e. The first-order valence-electron chi connectivity index (χ1n) is 9.22. The number of rotatable bonds is 7. The first kappa shape index (κ1) is 19.8. The molecule has 0 aliphatic carbocycles. The maximum atomic E-state index is 9.54. The molecular formula is C20H31N5O. The van der Waals surface area contributed by atoms with E-state index in [-0.39, 0.29) is 6.04 Å². The number of hydrogen-bond donors (Lipinski definition) is 3. The van der Waals surface area contributed by atoms with E-state index < -0.39 is 0 Å². The lowest BCUT2D eigenvalue weighted by molar-refractivity contribution is 0.474. The predicted octanol–water partition coefficient (Wildman–Crippen LogP) is 2.47. The lowest BCUT2D eigenvalue weighted by Gasteiger charge is -2.18. The summed E-state index contributed by atoms with van der Waals surface area (Å²) in [6, 6.07) is 7.58. The molecule has 142 valence electrons. The molecule has 0 spiro atoms. The second-order valence-corrected chi connectivity index (χ2v) is 6.70. The van der Waals surface area contributed by atoms with E-state index in [1.54, 1.807) is 12.1 Å². The van der Waals surface area contributed by atoms with E-state index in [9.17, 15) is 5.11 Å². The zero-order chi connectivity index (χ0) is 19.1. The van der Waals surface area contributed by atoms with Gasteiger partial charge in [0, 0.05) is 31.9 Å². The van der Waals surface area contributed by atoms with Crippen molar-refractivity contribution in [3.63, 3.8) is 0 Å². The van der Waals surface area contributed by atoms with Gasteiger partial charge in [-0.1, -0.05) is 12.1 Å². The summed E-state index contributed by atoms with van der Waals surface area (Å²) in [6.45, 7) is 9.87. The molecule has 1 unspecified atom stereocenters. The Bertz CT molecular complexity index is 751. The number of hydrogen-bond acceptors (Lipinski definition) is 3. The van der Waals surface area contributed by atoms with Crippen molar-refractivity contribution in [1.29, 1.82) is 0 Å². The average molecular weight is 358 g/mol. The van der Waals surface area contributed by atoms with E-state index in [0.29, 0.717) is 12.3 Å². The van der Waals surface area contributed by atoms with Crippen LogP contribution in [0.1, 0.15) is 36.4 Å². The summed E-state index contributed by atoms with van der Waals surface area (Å²) in [6.07, 6.45) is 1.70. The van der Waals surface area contributed by atoms with Gasteiger partial charge in [0.25, 0.3) is 0 Å². The van der Waals surface area contributed by atoms with E-state index in [0.717, 1.165) is 36.6 Å². The number of aromatic hydroxyl groups is 1. The lowest BCUT2D eigenvalue weighted by atomic mass is 10.1. The first-order chi connectivity index (χ1) is 12.4. The maximum Gasteiger partial charge on any atom is 0.191 e. The summed E-state index contributed by atoms with van der Waals surface area (Å²) in [5.41, 5.74) is 4.67. The summed E-state index contributed by atoms with van der Waals surface area (Å²) in [5.74, 6) is 1.12. The second kappa shape index (κ2) is 9.27. The van der Waals surface area contributed by atoms with Crippen molar-refractivity contribution in [3.8, 4) is 5.75 Å². The zero-order valence-electron chi connectivity index (χ0n) is 16.5. The van der Waals surface area contributed by atoms with Crippen molar-refractivity contribution in [2.75, 3.05) is 13.1 Å². The smallest absolute Gasteiger partial charge is 0.191 e. The minimum atomic E-state index is 0.246. The molecule has 1 aromatic carbocycles. The molecule has 1 heterocycles. The molecule has 6 heteroatoms. The van der Waals surface area contributed by atoms with Gasteiger partial charge in [-0.3, -0.25) is 9.67 Å². The molecule has 0 aliphatic heterocycles. The van der Waals surface area contributed by atoms with Crippen molar-refractivity contribution in [2.24, 2.45) is 12.0 Å². The molecule has 1 aromatic heterocycles. The van der Waals surface area contributed by atoms with Crippen molar-refractivity contribution in [3.05, 3.63) is 46.8 Å². The number of benzene rings is 1. The number of nitrogens with one attached hydrogen (secondary N) is 2. The minimum absolute atomic E-state index is 0.246. The third-order valence-corrected chi connectivity index (χ3v) is 4.48. The summed E-state index contributed by atoms with van der Waals surface area (Å²) in [5, 5.41) is 20.8. The third kappa shape index (κ3) is 5.51. The van der Waals surface area contributed by atoms with Crippen molar-refractivity contribution < 1.29 is 5.11 Å². The number of phenols is 1. The molecule has 0 aliphatic rings. The van der Waals surface area contributed by atoms with Crippen LogP contribution in [-0.2, 0) is 19.9 Å². The fourth-order valence-electron chi connectivity index (χ4n) is 3.03. The van der Waals surface area contributed by atoms with Crippen LogP contribution in [0.4, 0.5) is 0 Å². The summed E-state index contributed by atoms with van der Waals surface area (Å²) >= 11 is 0. The van der Waals surface area contributed by atoms with Crippen LogP contribution in [0.15, 0.2) is 29.3 Å². The highest BCUT2D eigenvalue weighted by atomic mass is 16.3. The van der Waals surface area contributed by atoms with Gasteiger partial charge >= 0.3 is 0 Å². The van der Waals surface area contributed by atoms with E-state index in [1.165, 1.54) is 11.3 Å². The van der Waals surface area contributed by atoms with Crippen molar-refractivity contribution >= 4 is 5.96 Å². The van der Waals surface area contributed by atoms with E-state index in [1.807, 2.05) is 23.9 Å². The highest BCUT2D eigenvalue weighted by Crippen LogP contribution is 2.14. The Labute approximate surface area is 156 Å². The van der Waals surface area contributed by atoms with Crippen LogP contribution < -0.4 is 10.6 Å². The average Bonchev–Trinajstić information content (AvgIpc) is 2.81. The topological polar surface area (TPSA) is 74.5 Å². The summed E-state index contributed by atoms with van der Waals surface area (Å²) < 4.78 is 1.94. The highest BCUT2D eigenvalue weighted by Gasteiger charge is 2.13. The SMILES string of the molecule is CCNC(=NCCc1cccc(O)c1)NC(C)Cc1c(C)nn(C)c1C. The maximum absolute atomic E-state index is 9.54. The van der Waals surface area contributed by atoms with E-state index in [2.05, 4.69) is 48.4 Å². The van der Waals surface area contributed by atoms with Gasteiger partial charge in [0.05, 0.1) is 5.69 Å². The fraction of sp³-hybridized carbons (Fsp3) is 0.500. The number of phenolic OH excluding ortho intramolecular Hbond substituents is 1. The van der Waals surface area contributed by atoms with Crippen LogP contribution in [0, 0.1) is 13.8 Å². The highest BCUT2D eigenvalue weighted by molar-refractivity contribution is 5.80. The van der Waals surface area contributed by atoms with Gasteiger partial charge in [0.1, 0.15) is 5.75 Å². The van der Waals surface area contributed by atoms with Crippen LogP contribution >= 0.6 is 0 Å². The van der Waals surface area contributed by atoms with Crippen molar-refractivity contribution in [2.45, 2.75) is 46.6 Å². The Morgan fingerprint density at radius 2 is 2.12 bits per heavy atom. The second-order valence-electron chi connectivity index (χ2n) is 6.70. The number of guanidine groups is 1. The van der Waals surface area contributed by atoms with Crippen LogP contribution in [0.5, 0.6) is 5.75 Å². The summed E-state index contributed by atoms with van der Waals surface area (Å²) in [4.78, 5) is 4.66. The zero-order valence-corrected chi connectivity index (χ0v) is 16.5. The standard InChI is InChI=1S/C20H31N5O/c1-6-21-20(22-11-10-17-8-7-9-18(26)13-17)23-14(2)12-19-15(3)24-25(5)16(19)4/h7-9,13-14,26H,6,10-12H2,1-5H3,(H2,21,22,23). The molecule has 0 saturated heterocycles. The predicted molar refractivity (Wildman–Crippen MR) is 107 cm³/mol. The lowest BCUT2D eigenvalue weighted by Crippen LogP contribution is -2.43. The molecule has 2 rings (SSSR count). The summed E-state index contributed by atoms with van der Waals surface area (Å²) in [7, 11) is 1.98. The molecule has 2 aromatic rings. The van der Waals surface area contributed by atoms with E-state index in [4.69, 9.17) is 0 Å². The van der Waals surface area contributed by atoms with Gasteiger partial charge in [0.2, 0.25) is 0 Å². The van der Waals surface area contributed by atoms with E-state index >= 15 is 0 Å². The van der Waals surface area contributed by atoms with Crippen molar-refractivity contribution in [1.82, 2.24) is 20.4 Å². The van der Waals surface area contributed by atoms with Gasteiger partial charge in [-0.2, -0.15) is 5.10 Å². The van der Waals surface area contributed by atoms with Gasteiger partial charge in [-0.25, -0.2) is 0 Å². The fourth-order valence-corrected chi connectivity index (χ4v) is 3.03. The number of aliphatic imine (C=N–C) groups is 1. The van der Waals surface area contributed by atoms with Gasteiger partial charge in [-0.05, 0) is 63.8 Å². The Morgan fingerprint density at radius 3 is 2.73 bits per heavy atom. The molecule has 6 nitrogen and oxygen atoms in total. The Balaban J connectivity index is 1.95. The molecule has 0 bridgehead atoms. The molecule has 26 heavy (non-hydrogen) atoms. The quantitative estimate of drug-likeness (QED) is 0.526. The molecule has 3 N–H and O–H groups in total. The van der Waals surface area contributed by atoms with Gasteiger partial charge < -0.3 is 15.7 Å². The van der Waals surface area contributed by atoms with Crippen LogP contribution in [-0.4, -0.2) is 40.0 Å². The number of aromatic nitrogens is 2. The number of aryl methyl sites for hydroxylation is 2. The molecule has 0 amide bonds. The first-order valence-corrected chi connectivity index (χ1v) is 9.22.